The highest BCUT2D eigenvalue weighted by Crippen LogP contribution is 2.19. The molecule has 2 saturated heterocycles. The van der Waals surface area contributed by atoms with E-state index in [-0.39, 0.29) is 0 Å². The minimum atomic E-state index is 0.356. The van der Waals surface area contributed by atoms with Gasteiger partial charge < -0.3 is 10.2 Å². The zero-order chi connectivity index (χ0) is 9.97. The van der Waals surface area contributed by atoms with E-state index >= 15 is 0 Å². The van der Waals surface area contributed by atoms with E-state index in [9.17, 15) is 4.79 Å². The van der Waals surface area contributed by atoms with Gasteiger partial charge in [0.1, 0.15) is 0 Å². The first-order valence-electron chi connectivity index (χ1n) is 5.80. The molecule has 2 rings (SSSR count). The van der Waals surface area contributed by atoms with E-state index in [0.717, 1.165) is 13.1 Å². The van der Waals surface area contributed by atoms with Gasteiger partial charge in [-0.05, 0) is 39.2 Å². The van der Waals surface area contributed by atoms with Crippen molar-refractivity contribution in [3.05, 3.63) is 0 Å². The second-order valence-electron chi connectivity index (χ2n) is 4.58. The van der Waals surface area contributed by atoms with Crippen LogP contribution < -0.4 is 5.32 Å². The highest BCUT2D eigenvalue weighted by Gasteiger charge is 2.27. The molecule has 0 aliphatic carbocycles. The van der Waals surface area contributed by atoms with Crippen LogP contribution in [0.25, 0.3) is 0 Å². The summed E-state index contributed by atoms with van der Waals surface area (Å²) in [7, 11) is 0. The van der Waals surface area contributed by atoms with Crippen molar-refractivity contribution in [2.24, 2.45) is 0 Å². The SMILES string of the molecule is CC1CCCCN1C(=O)CC1CCN1. The minimum Gasteiger partial charge on any atom is -0.340 e. The van der Waals surface area contributed by atoms with Gasteiger partial charge >= 0.3 is 0 Å². The molecule has 2 fully saturated rings. The molecule has 0 aromatic heterocycles. The molecule has 2 atom stereocenters. The predicted octanol–water partition coefficient (Wildman–Crippen LogP) is 1.14. The lowest BCUT2D eigenvalue weighted by molar-refractivity contribution is -0.135. The minimum absolute atomic E-state index is 0.356. The van der Waals surface area contributed by atoms with Crippen molar-refractivity contribution in [1.82, 2.24) is 10.2 Å². The second kappa shape index (κ2) is 4.30. The predicted molar refractivity (Wildman–Crippen MR) is 56.1 cm³/mol. The molecule has 1 N–H and O–H groups in total. The van der Waals surface area contributed by atoms with Crippen LogP contribution in [0, 0.1) is 0 Å². The lowest BCUT2D eigenvalue weighted by Gasteiger charge is -2.36. The highest BCUT2D eigenvalue weighted by atomic mass is 16.2. The third kappa shape index (κ3) is 2.08. The molecule has 0 radical (unpaired) electrons. The zero-order valence-electron chi connectivity index (χ0n) is 8.96. The van der Waals surface area contributed by atoms with Crippen LogP contribution in [0.1, 0.15) is 39.0 Å². The summed E-state index contributed by atoms with van der Waals surface area (Å²) in [6.45, 7) is 4.24. The van der Waals surface area contributed by atoms with Crippen molar-refractivity contribution in [2.45, 2.75) is 51.1 Å². The average Bonchev–Trinajstić information content (AvgIpc) is 2.12. The fourth-order valence-corrected chi connectivity index (χ4v) is 2.32. The van der Waals surface area contributed by atoms with E-state index in [1.54, 1.807) is 0 Å². The van der Waals surface area contributed by atoms with Crippen molar-refractivity contribution < 1.29 is 4.79 Å². The summed E-state index contributed by atoms with van der Waals surface area (Å²) >= 11 is 0. The molecule has 2 heterocycles. The molecule has 2 aliphatic rings. The van der Waals surface area contributed by atoms with E-state index in [4.69, 9.17) is 0 Å². The van der Waals surface area contributed by atoms with Gasteiger partial charge in [0.05, 0.1) is 0 Å². The number of carbonyl (C=O) groups is 1. The van der Waals surface area contributed by atoms with Crippen molar-refractivity contribution >= 4 is 5.91 Å². The van der Waals surface area contributed by atoms with Crippen molar-refractivity contribution in [3.63, 3.8) is 0 Å². The van der Waals surface area contributed by atoms with E-state index < -0.39 is 0 Å². The smallest absolute Gasteiger partial charge is 0.224 e. The van der Waals surface area contributed by atoms with Crippen LogP contribution in [0.5, 0.6) is 0 Å². The normalized spacial score (nSPS) is 32.5. The molecule has 0 saturated carbocycles. The number of piperidine rings is 1. The number of nitrogens with zero attached hydrogens (tertiary/aromatic N) is 1. The number of nitrogens with one attached hydrogen (secondary N) is 1. The molecule has 1 amide bonds. The Bertz CT molecular complexity index is 213. The Kier molecular flexibility index (Phi) is 3.06. The summed E-state index contributed by atoms with van der Waals surface area (Å²) in [6, 6.07) is 0.938. The first-order valence-corrected chi connectivity index (χ1v) is 5.80. The standard InChI is InChI=1S/C11H20N2O/c1-9-4-2-3-7-13(9)11(14)8-10-5-6-12-10/h9-10,12H,2-8H2,1H3. The fraction of sp³-hybridized carbons (Fsp3) is 0.909. The molecule has 0 spiro atoms. The van der Waals surface area contributed by atoms with Crippen molar-refractivity contribution in [3.8, 4) is 0 Å². The van der Waals surface area contributed by atoms with Crippen LogP contribution in [0.2, 0.25) is 0 Å². The Morgan fingerprint density at radius 2 is 2.21 bits per heavy atom. The monoisotopic (exact) mass is 196 g/mol. The van der Waals surface area contributed by atoms with Gasteiger partial charge in [-0.25, -0.2) is 0 Å². The molecule has 80 valence electrons. The maximum Gasteiger partial charge on any atom is 0.224 e. The Balaban J connectivity index is 1.82. The molecule has 0 bridgehead atoms. The second-order valence-corrected chi connectivity index (χ2v) is 4.58. The highest BCUT2D eigenvalue weighted by molar-refractivity contribution is 5.77. The fourth-order valence-electron chi connectivity index (χ4n) is 2.32. The summed E-state index contributed by atoms with van der Waals surface area (Å²) in [4.78, 5) is 14.0. The maximum absolute atomic E-state index is 11.9. The van der Waals surface area contributed by atoms with Crippen LogP contribution in [0.3, 0.4) is 0 Å². The van der Waals surface area contributed by atoms with E-state index in [1.165, 1.54) is 25.7 Å². The molecular weight excluding hydrogens is 176 g/mol. The van der Waals surface area contributed by atoms with Gasteiger partial charge in [-0.2, -0.15) is 0 Å². The third-order valence-electron chi connectivity index (χ3n) is 3.47. The number of hydrogen-bond acceptors (Lipinski definition) is 2. The van der Waals surface area contributed by atoms with E-state index in [0.29, 0.717) is 24.4 Å². The van der Waals surface area contributed by atoms with Crippen LogP contribution in [-0.2, 0) is 4.79 Å². The molecule has 3 heteroatoms. The Morgan fingerprint density at radius 3 is 2.79 bits per heavy atom. The van der Waals surface area contributed by atoms with Gasteiger partial charge in [-0.3, -0.25) is 4.79 Å². The summed E-state index contributed by atoms with van der Waals surface area (Å²) in [5.41, 5.74) is 0. The van der Waals surface area contributed by atoms with Gasteiger partial charge in [0.25, 0.3) is 0 Å². The molecule has 14 heavy (non-hydrogen) atoms. The molecule has 3 nitrogen and oxygen atoms in total. The maximum atomic E-state index is 11.9. The summed E-state index contributed by atoms with van der Waals surface area (Å²) in [5, 5.41) is 3.28. The quantitative estimate of drug-likeness (QED) is 0.718. The first kappa shape index (κ1) is 9.97. The first-order chi connectivity index (χ1) is 6.77. The number of rotatable bonds is 2. The van der Waals surface area contributed by atoms with Gasteiger partial charge in [0.2, 0.25) is 5.91 Å². The summed E-state index contributed by atoms with van der Waals surface area (Å²) in [5.74, 6) is 0.356. The number of hydrogen-bond donors (Lipinski definition) is 1. The summed E-state index contributed by atoms with van der Waals surface area (Å²) < 4.78 is 0. The summed E-state index contributed by atoms with van der Waals surface area (Å²) in [6.07, 6.45) is 5.54. The molecule has 2 unspecified atom stereocenters. The van der Waals surface area contributed by atoms with Crippen LogP contribution >= 0.6 is 0 Å². The Morgan fingerprint density at radius 1 is 1.43 bits per heavy atom. The topological polar surface area (TPSA) is 32.3 Å². The van der Waals surface area contributed by atoms with Gasteiger partial charge in [-0.1, -0.05) is 0 Å². The molecule has 0 aromatic rings. The van der Waals surface area contributed by atoms with Crippen molar-refractivity contribution in [1.29, 1.82) is 0 Å². The number of amides is 1. The molecule has 2 aliphatic heterocycles. The molecule has 0 aromatic carbocycles. The zero-order valence-corrected chi connectivity index (χ0v) is 8.96. The van der Waals surface area contributed by atoms with E-state index in [2.05, 4.69) is 17.1 Å². The van der Waals surface area contributed by atoms with Crippen molar-refractivity contribution in [2.75, 3.05) is 13.1 Å². The average molecular weight is 196 g/mol. The van der Waals surface area contributed by atoms with Gasteiger partial charge in [0, 0.05) is 25.0 Å². The Labute approximate surface area is 85.8 Å². The lowest BCUT2D eigenvalue weighted by atomic mass is 9.99. The lowest BCUT2D eigenvalue weighted by Crippen LogP contribution is -2.49. The van der Waals surface area contributed by atoms with Crippen LogP contribution in [-0.4, -0.2) is 36.0 Å². The van der Waals surface area contributed by atoms with Crippen LogP contribution in [0.15, 0.2) is 0 Å². The molecular formula is C11H20N2O. The number of likely N-dealkylation sites (tertiary alicyclic amines) is 1. The Hall–Kier alpha value is -0.570. The number of carbonyl (C=O) groups excluding carboxylic acids is 1. The third-order valence-corrected chi connectivity index (χ3v) is 3.47. The van der Waals surface area contributed by atoms with Gasteiger partial charge in [-0.15, -0.1) is 0 Å². The van der Waals surface area contributed by atoms with Crippen LogP contribution in [0.4, 0.5) is 0 Å². The van der Waals surface area contributed by atoms with Gasteiger partial charge in [0.15, 0.2) is 0 Å². The van der Waals surface area contributed by atoms with E-state index in [1.807, 2.05) is 0 Å². The largest absolute Gasteiger partial charge is 0.340 e.